The molecule has 1 saturated heterocycles. The molecule has 0 amide bonds. The highest BCUT2D eigenvalue weighted by molar-refractivity contribution is 9.10. The Morgan fingerprint density at radius 3 is 2.50 bits per heavy atom. The van der Waals surface area contributed by atoms with Crippen molar-refractivity contribution in [2.75, 3.05) is 11.5 Å². The number of hydrogen-bond donors (Lipinski definition) is 0. The van der Waals surface area contributed by atoms with E-state index in [-0.39, 0.29) is 4.08 Å². The van der Waals surface area contributed by atoms with Gasteiger partial charge in [0, 0.05) is 4.47 Å². The first-order valence-electron chi connectivity index (χ1n) is 4.75. The van der Waals surface area contributed by atoms with Gasteiger partial charge in [0.2, 0.25) is 0 Å². The average Bonchev–Trinajstić information content (AvgIpc) is 2.19. The summed E-state index contributed by atoms with van der Waals surface area (Å²) >= 11 is 7.77. The van der Waals surface area contributed by atoms with Crippen LogP contribution in [0.25, 0.3) is 0 Å². The molecule has 0 bridgehead atoms. The number of benzene rings is 1. The second-order valence-electron chi connectivity index (χ2n) is 3.48. The van der Waals surface area contributed by atoms with Crippen molar-refractivity contribution in [1.29, 1.82) is 0 Å². The van der Waals surface area contributed by atoms with Crippen LogP contribution in [0.15, 0.2) is 28.7 Å². The molecule has 1 fully saturated rings. The Balaban J connectivity index is 2.32. The zero-order valence-electron chi connectivity index (χ0n) is 8.13. The third-order valence-corrected chi connectivity index (χ3v) is 6.33. The smallest absolute Gasteiger partial charge is 0.0843 e. The normalized spacial score (nSPS) is 20.7. The minimum absolute atomic E-state index is 0.248. The van der Waals surface area contributed by atoms with Crippen LogP contribution < -0.4 is 0 Å². The molecule has 0 spiro atoms. The Bertz CT molecular complexity index is 319. The first kappa shape index (κ1) is 10.9. The monoisotopic (exact) mass is 288 g/mol. The van der Waals surface area contributed by atoms with Crippen LogP contribution in [0.3, 0.4) is 0 Å². The van der Waals surface area contributed by atoms with Crippen molar-refractivity contribution in [1.82, 2.24) is 0 Å². The quantitative estimate of drug-likeness (QED) is 0.747. The molecule has 0 N–H and O–H groups in total. The molecule has 1 heterocycles. The predicted octanol–water partition coefficient (Wildman–Crippen LogP) is 4.49. The summed E-state index contributed by atoms with van der Waals surface area (Å²) in [5, 5.41) is 0. The maximum atomic E-state index is 3.64. The van der Waals surface area contributed by atoms with E-state index in [9.17, 15) is 0 Å². The second kappa shape index (κ2) is 4.50. The lowest BCUT2D eigenvalue weighted by atomic mass is 10.2. The molecule has 0 radical (unpaired) electrons. The second-order valence-corrected chi connectivity index (χ2v) is 7.62. The van der Waals surface area contributed by atoms with E-state index in [1.54, 1.807) is 0 Å². The zero-order chi connectivity index (χ0) is 10.0. The summed E-state index contributed by atoms with van der Waals surface area (Å²) in [6.07, 6.45) is 1.34. The molecule has 1 aliphatic heterocycles. The van der Waals surface area contributed by atoms with E-state index in [1.807, 2.05) is 0 Å². The van der Waals surface area contributed by atoms with Crippen molar-refractivity contribution in [3.63, 3.8) is 0 Å². The number of hydrogen-bond acceptors (Lipinski definition) is 2. The highest BCUT2D eigenvalue weighted by atomic mass is 79.9. The van der Waals surface area contributed by atoms with E-state index in [2.05, 4.69) is 70.6 Å². The van der Waals surface area contributed by atoms with E-state index in [0.29, 0.717) is 0 Å². The summed E-state index contributed by atoms with van der Waals surface area (Å²) in [4.78, 5) is 0. The van der Waals surface area contributed by atoms with Gasteiger partial charge in [-0.15, -0.1) is 23.5 Å². The molecule has 1 aromatic carbocycles. The Labute approximate surface area is 102 Å². The van der Waals surface area contributed by atoms with Gasteiger partial charge in [0.05, 0.1) is 4.08 Å². The molecule has 0 nitrogen and oxygen atoms in total. The lowest BCUT2D eigenvalue weighted by molar-refractivity contribution is 0.957. The molecule has 0 aliphatic carbocycles. The van der Waals surface area contributed by atoms with Crippen molar-refractivity contribution in [3.05, 3.63) is 34.3 Å². The molecular formula is C11H13BrS2. The van der Waals surface area contributed by atoms with Gasteiger partial charge in [-0.3, -0.25) is 0 Å². The van der Waals surface area contributed by atoms with Gasteiger partial charge in [-0.2, -0.15) is 0 Å². The largest absolute Gasteiger partial charge is 0.140 e. The van der Waals surface area contributed by atoms with Gasteiger partial charge in [0.25, 0.3) is 0 Å². The standard InChI is InChI=1S/C11H13BrS2/c1-11(13-7-4-8-14-11)9-5-2-3-6-10(9)12/h2-3,5-6H,4,7-8H2,1H3. The molecule has 14 heavy (non-hydrogen) atoms. The van der Waals surface area contributed by atoms with Crippen molar-refractivity contribution >= 4 is 39.5 Å². The molecule has 3 heteroatoms. The lowest BCUT2D eigenvalue weighted by Gasteiger charge is -2.33. The Kier molecular flexibility index (Phi) is 3.50. The number of rotatable bonds is 1. The Morgan fingerprint density at radius 2 is 1.86 bits per heavy atom. The van der Waals surface area contributed by atoms with E-state index >= 15 is 0 Å². The van der Waals surface area contributed by atoms with Gasteiger partial charge in [-0.1, -0.05) is 34.1 Å². The van der Waals surface area contributed by atoms with Gasteiger partial charge >= 0.3 is 0 Å². The predicted molar refractivity (Wildman–Crippen MR) is 71.0 cm³/mol. The highest BCUT2D eigenvalue weighted by Gasteiger charge is 2.31. The summed E-state index contributed by atoms with van der Waals surface area (Å²) in [6, 6.07) is 8.57. The summed E-state index contributed by atoms with van der Waals surface area (Å²) in [5.74, 6) is 2.57. The van der Waals surface area contributed by atoms with E-state index in [1.165, 1.54) is 28.0 Å². The molecule has 0 saturated carbocycles. The fourth-order valence-electron chi connectivity index (χ4n) is 1.62. The van der Waals surface area contributed by atoms with Gasteiger partial charge in [-0.05, 0) is 36.5 Å². The van der Waals surface area contributed by atoms with E-state index in [0.717, 1.165) is 0 Å². The fraction of sp³-hybridized carbons (Fsp3) is 0.455. The van der Waals surface area contributed by atoms with Crippen LogP contribution in [0, 0.1) is 0 Å². The maximum absolute atomic E-state index is 3.64. The van der Waals surface area contributed by atoms with Crippen molar-refractivity contribution in [3.8, 4) is 0 Å². The molecule has 0 aromatic heterocycles. The van der Waals surface area contributed by atoms with Crippen LogP contribution in [-0.2, 0) is 4.08 Å². The first-order valence-corrected chi connectivity index (χ1v) is 7.52. The zero-order valence-corrected chi connectivity index (χ0v) is 11.3. The van der Waals surface area contributed by atoms with Crippen molar-refractivity contribution in [2.45, 2.75) is 17.4 Å². The van der Waals surface area contributed by atoms with Crippen LogP contribution in [0.5, 0.6) is 0 Å². The molecular weight excluding hydrogens is 276 g/mol. The van der Waals surface area contributed by atoms with Crippen LogP contribution >= 0.6 is 39.5 Å². The number of halogens is 1. The van der Waals surface area contributed by atoms with Gasteiger partial charge in [0.1, 0.15) is 0 Å². The molecule has 76 valence electrons. The molecule has 1 aliphatic rings. The summed E-state index contributed by atoms with van der Waals surface area (Å²) in [5.41, 5.74) is 1.43. The van der Waals surface area contributed by atoms with Gasteiger partial charge in [-0.25, -0.2) is 0 Å². The average molecular weight is 289 g/mol. The van der Waals surface area contributed by atoms with Gasteiger partial charge < -0.3 is 0 Å². The van der Waals surface area contributed by atoms with Crippen LogP contribution in [0.1, 0.15) is 18.9 Å². The van der Waals surface area contributed by atoms with E-state index in [4.69, 9.17) is 0 Å². The van der Waals surface area contributed by atoms with Crippen molar-refractivity contribution < 1.29 is 0 Å². The molecule has 0 unspecified atom stereocenters. The summed E-state index contributed by atoms with van der Waals surface area (Å²) in [6.45, 7) is 2.33. The summed E-state index contributed by atoms with van der Waals surface area (Å²) in [7, 11) is 0. The minimum atomic E-state index is 0.248. The molecule has 0 atom stereocenters. The van der Waals surface area contributed by atoms with Crippen molar-refractivity contribution in [2.24, 2.45) is 0 Å². The minimum Gasteiger partial charge on any atom is -0.140 e. The highest BCUT2D eigenvalue weighted by Crippen LogP contribution is 2.51. The van der Waals surface area contributed by atoms with Crippen LogP contribution in [0.2, 0.25) is 0 Å². The Hall–Kier alpha value is 0.400. The third kappa shape index (κ3) is 2.15. The first-order chi connectivity index (χ1) is 6.72. The maximum Gasteiger partial charge on any atom is 0.0843 e. The van der Waals surface area contributed by atoms with Crippen LogP contribution in [-0.4, -0.2) is 11.5 Å². The van der Waals surface area contributed by atoms with E-state index < -0.39 is 0 Å². The molecule has 1 aromatic rings. The summed E-state index contributed by atoms with van der Waals surface area (Å²) < 4.78 is 1.49. The fourth-order valence-corrected chi connectivity index (χ4v) is 5.60. The Morgan fingerprint density at radius 1 is 1.21 bits per heavy atom. The topological polar surface area (TPSA) is 0 Å². The SMILES string of the molecule is CC1(c2ccccc2Br)SCCCS1. The van der Waals surface area contributed by atoms with Crippen LogP contribution in [0.4, 0.5) is 0 Å². The van der Waals surface area contributed by atoms with Gasteiger partial charge in [0.15, 0.2) is 0 Å². The molecule has 2 rings (SSSR count). The lowest BCUT2D eigenvalue weighted by Crippen LogP contribution is -2.18. The third-order valence-electron chi connectivity index (χ3n) is 2.41. The number of thioether (sulfide) groups is 2.